The number of carbonyl (C=O) groups excluding carboxylic acids is 1. The van der Waals surface area contributed by atoms with E-state index in [1.165, 1.54) is 22.6 Å². The first-order chi connectivity index (χ1) is 9.39. The number of hydrogen-bond donors (Lipinski definition) is 1. The van der Waals surface area contributed by atoms with E-state index in [-0.39, 0.29) is 5.91 Å². The van der Waals surface area contributed by atoms with Gasteiger partial charge >= 0.3 is 0 Å². The molecule has 6 nitrogen and oxygen atoms in total. The largest absolute Gasteiger partial charge is 0.351 e. The van der Waals surface area contributed by atoms with E-state index in [9.17, 15) is 13.2 Å². The summed E-state index contributed by atoms with van der Waals surface area (Å²) in [5.41, 5.74) is 0. The lowest BCUT2D eigenvalue weighted by atomic mass is 10.4. The average Bonchev–Trinajstić information content (AvgIpc) is 2.86. The minimum atomic E-state index is -3.39. The minimum Gasteiger partial charge on any atom is -0.351 e. The number of sulfonamides is 1. The van der Waals surface area contributed by atoms with E-state index in [0.29, 0.717) is 23.8 Å². The van der Waals surface area contributed by atoms with Gasteiger partial charge in [-0.3, -0.25) is 4.79 Å². The molecule has 0 aromatic carbocycles. The summed E-state index contributed by atoms with van der Waals surface area (Å²) >= 11 is 1.22. The number of nitrogens with one attached hydrogen (secondary N) is 1. The number of likely N-dealkylation sites (N-methyl/N-ethyl adjacent to an activating group) is 1. The summed E-state index contributed by atoms with van der Waals surface area (Å²) in [5.74, 6) is -0.123. The molecule has 0 saturated carbocycles. The molecule has 0 unspecified atom stereocenters. The first-order valence-electron chi connectivity index (χ1n) is 6.41. The molecule has 2 rings (SSSR count). The number of amides is 1. The minimum absolute atomic E-state index is 0.123. The Morgan fingerprint density at radius 1 is 1.30 bits per heavy atom. The lowest BCUT2D eigenvalue weighted by Gasteiger charge is -2.31. The van der Waals surface area contributed by atoms with Gasteiger partial charge in [-0.2, -0.15) is 4.31 Å². The Morgan fingerprint density at radius 3 is 2.55 bits per heavy atom. The summed E-state index contributed by atoms with van der Waals surface area (Å²) < 4.78 is 26.8. The lowest BCUT2D eigenvalue weighted by Crippen LogP contribution is -2.46. The Balaban J connectivity index is 2.08. The first kappa shape index (κ1) is 15.4. The molecule has 2 heterocycles. The SMILES string of the molecule is CC(=O)NCc1ccc(S(=O)(=O)N2CCN(C)CC2)s1. The van der Waals surface area contributed by atoms with Crippen LogP contribution in [0.2, 0.25) is 0 Å². The zero-order valence-electron chi connectivity index (χ0n) is 11.6. The molecule has 8 heteroatoms. The third kappa shape index (κ3) is 3.57. The molecule has 0 radical (unpaired) electrons. The normalized spacial score (nSPS) is 18.1. The van der Waals surface area contributed by atoms with E-state index in [1.807, 2.05) is 7.05 Å². The Hall–Kier alpha value is -0.960. The zero-order valence-corrected chi connectivity index (χ0v) is 13.3. The summed E-state index contributed by atoms with van der Waals surface area (Å²) in [7, 11) is -1.40. The van der Waals surface area contributed by atoms with E-state index in [2.05, 4.69) is 10.2 Å². The Labute approximate surface area is 123 Å². The molecule has 1 fully saturated rings. The summed E-state index contributed by atoms with van der Waals surface area (Å²) in [4.78, 5) is 13.8. The van der Waals surface area contributed by atoms with Gasteiger partial charge in [-0.15, -0.1) is 11.3 Å². The third-order valence-electron chi connectivity index (χ3n) is 3.20. The van der Waals surface area contributed by atoms with Crippen LogP contribution in [0.4, 0.5) is 0 Å². The second kappa shape index (κ2) is 6.21. The van der Waals surface area contributed by atoms with Crippen LogP contribution in [0.5, 0.6) is 0 Å². The van der Waals surface area contributed by atoms with Crippen LogP contribution in [0.3, 0.4) is 0 Å². The molecule has 0 atom stereocenters. The van der Waals surface area contributed by atoms with Crippen molar-refractivity contribution in [3.8, 4) is 0 Å². The van der Waals surface area contributed by atoms with Crippen LogP contribution in [-0.2, 0) is 21.4 Å². The standard InChI is InChI=1S/C12H19N3O3S2/c1-10(16)13-9-11-3-4-12(19-11)20(17,18)15-7-5-14(2)6-8-15/h3-4H,5-9H2,1-2H3,(H,13,16). The summed E-state index contributed by atoms with van der Waals surface area (Å²) in [6.45, 7) is 4.37. The Morgan fingerprint density at radius 2 is 1.95 bits per heavy atom. The molecule has 0 aliphatic carbocycles. The van der Waals surface area contributed by atoms with Gasteiger partial charge in [-0.05, 0) is 19.2 Å². The van der Waals surface area contributed by atoms with E-state index >= 15 is 0 Å². The molecule has 1 amide bonds. The number of nitrogens with zero attached hydrogens (tertiary/aromatic N) is 2. The smallest absolute Gasteiger partial charge is 0.252 e. The van der Waals surface area contributed by atoms with Crippen LogP contribution in [0.15, 0.2) is 16.3 Å². The van der Waals surface area contributed by atoms with Gasteiger partial charge in [-0.25, -0.2) is 8.42 Å². The topological polar surface area (TPSA) is 69.7 Å². The van der Waals surface area contributed by atoms with Gasteiger partial charge in [-0.1, -0.05) is 0 Å². The Kier molecular flexibility index (Phi) is 4.79. The number of rotatable bonds is 4. The lowest BCUT2D eigenvalue weighted by molar-refractivity contribution is -0.119. The molecule has 112 valence electrons. The van der Waals surface area contributed by atoms with Gasteiger partial charge in [0.25, 0.3) is 10.0 Å². The van der Waals surface area contributed by atoms with Crippen LogP contribution in [0, 0.1) is 0 Å². The molecular weight excluding hydrogens is 298 g/mol. The second-order valence-corrected chi connectivity index (χ2v) is 8.17. The van der Waals surface area contributed by atoms with E-state index in [1.54, 1.807) is 12.1 Å². The molecule has 1 aliphatic heterocycles. The van der Waals surface area contributed by atoms with Gasteiger partial charge in [0.1, 0.15) is 4.21 Å². The first-order valence-corrected chi connectivity index (χ1v) is 8.67. The van der Waals surface area contributed by atoms with Crippen LogP contribution in [-0.4, -0.2) is 56.8 Å². The van der Waals surface area contributed by atoms with Gasteiger partial charge in [0.2, 0.25) is 5.91 Å². The van der Waals surface area contributed by atoms with E-state index < -0.39 is 10.0 Å². The predicted octanol–water partition coefficient (Wildman–Crippen LogP) is 0.320. The maximum absolute atomic E-state index is 12.5. The van der Waals surface area contributed by atoms with Crippen molar-refractivity contribution < 1.29 is 13.2 Å². The highest BCUT2D eigenvalue weighted by molar-refractivity contribution is 7.91. The Bertz CT molecular complexity index is 575. The van der Waals surface area contributed by atoms with E-state index in [4.69, 9.17) is 0 Å². The fourth-order valence-corrected chi connectivity index (χ4v) is 4.83. The van der Waals surface area contributed by atoms with Gasteiger partial charge in [0.15, 0.2) is 0 Å². The van der Waals surface area contributed by atoms with Crippen molar-refractivity contribution in [2.75, 3.05) is 33.2 Å². The number of thiophene rings is 1. The highest BCUT2D eigenvalue weighted by Crippen LogP contribution is 2.25. The quantitative estimate of drug-likeness (QED) is 0.868. The molecule has 0 bridgehead atoms. The molecule has 1 saturated heterocycles. The molecule has 0 spiro atoms. The van der Waals surface area contributed by atoms with Crippen molar-refractivity contribution in [2.45, 2.75) is 17.7 Å². The van der Waals surface area contributed by atoms with Crippen molar-refractivity contribution in [1.29, 1.82) is 0 Å². The maximum Gasteiger partial charge on any atom is 0.252 e. The zero-order chi connectivity index (χ0) is 14.8. The van der Waals surface area contributed by atoms with Crippen molar-refractivity contribution >= 4 is 27.3 Å². The molecule has 1 aromatic rings. The molecule has 20 heavy (non-hydrogen) atoms. The van der Waals surface area contributed by atoms with Gasteiger partial charge < -0.3 is 10.2 Å². The van der Waals surface area contributed by atoms with Crippen LogP contribution in [0.25, 0.3) is 0 Å². The summed E-state index contributed by atoms with van der Waals surface area (Å²) in [6, 6.07) is 3.37. The van der Waals surface area contributed by atoms with E-state index in [0.717, 1.165) is 18.0 Å². The highest BCUT2D eigenvalue weighted by atomic mass is 32.2. The second-order valence-electron chi connectivity index (χ2n) is 4.84. The number of hydrogen-bond acceptors (Lipinski definition) is 5. The monoisotopic (exact) mass is 317 g/mol. The third-order valence-corrected chi connectivity index (χ3v) is 6.66. The molecule has 1 aliphatic rings. The molecular formula is C12H19N3O3S2. The average molecular weight is 317 g/mol. The van der Waals surface area contributed by atoms with Crippen molar-refractivity contribution in [2.24, 2.45) is 0 Å². The summed E-state index contributed by atoms with van der Waals surface area (Å²) in [5, 5.41) is 2.67. The van der Waals surface area contributed by atoms with Crippen LogP contribution < -0.4 is 5.32 Å². The number of carbonyl (C=O) groups is 1. The van der Waals surface area contributed by atoms with Gasteiger partial charge in [0.05, 0.1) is 6.54 Å². The highest BCUT2D eigenvalue weighted by Gasteiger charge is 2.28. The fraction of sp³-hybridized carbons (Fsp3) is 0.583. The van der Waals surface area contributed by atoms with Gasteiger partial charge in [0, 0.05) is 38.0 Å². The van der Waals surface area contributed by atoms with Crippen molar-refractivity contribution in [1.82, 2.24) is 14.5 Å². The predicted molar refractivity (Wildman–Crippen MR) is 78.1 cm³/mol. The molecule has 1 N–H and O–H groups in total. The summed E-state index contributed by atoms with van der Waals surface area (Å²) in [6.07, 6.45) is 0. The van der Waals surface area contributed by atoms with Crippen molar-refractivity contribution in [3.05, 3.63) is 17.0 Å². The number of piperazine rings is 1. The van der Waals surface area contributed by atoms with Crippen LogP contribution >= 0.6 is 11.3 Å². The van der Waals surface area contributed by atoms with Crippen molar-refractivity contribution in [3.63, 3.8) is 0 Å². The fourth-order valence-electron chi connectivity index (χ4n) is 1.96. The molecule has 1 aromatic heterocycles. The van der Waals surface area contributed by atoms with Crippen LogP contribution in [0.1, 0.15) is 11.8 Å². The maximum atomic E-state index is 12.5.